The van der Waals surface area contributed by atoms with Crippen molar-refractivity contribution in [3.63, 3.8) is 0 Å². The quantitative estimate of drug-likeness (QED) is 0.744. The fourth-order valence-electron chi connectivity index (χ4n) is 2.20. The summed E-state index contributed by atoms with van der Waals surface area (Å²) >= 11 is 0. The smallest absolute Gasteiger partial charge is 0.220 e. The summed E-state index contributed by atoms with van der Waals surface area (Å²) in [5, 5.41) is 2.97. The summed E-state index contributed by atoms with van der Waals surface area (Å²) in [6.07, 6.45) is 2.41. The van der Waals surface area contributed by atoms with Crippen LogP contribution in [-0.2, 0) is 14.8 Å². The van der Waals surface area contributed by atoms with Gasteiger partial charge in [0.25, 0.3) is 0 Å². The highest BCUT2D eigenvalue weighted by Gasteiger charge is 2.27. The SMILES string of the molecule is CCS(=O)(=O)N1CCC(NC(=O)CCC(C)(C)N)CC1. The van der Waals surface area contributed by atoms with Gasteiger partial charge in [-0.2, -0.15) is 0 Å². The van der Waals surface area contributed by atoms with Gasteiger partial charge in [-0.1, -0.05) is 0 Å². The molecular formula is C13H27N3O3S. The number of carbonyl (C=O) groups is 1. The number of hydrogen-bond donors (Lipinski definition) is 2. The molecule has 1 amide bonds. The Hall–Kier alpha value is -0.660. The van der Waals surface area contributed by atoms with E-state index < -0.39 is 10.0 Å². The fourth-order valence-corrected chi connectivity index (χ4v) is 3.33. The molecule has 0 saturated carbocycles. The molecule has 0 spiro atoms. The Morgan fingerprint density at radius 3 is 2.35 bits per heavy atom. The third-order valence-electron chi connectivity index (χ3n) is 3.57. The largest absolute Gasteiger partial charge is 0.353 e. The van der Waals surface area contributed by atoms with Crippen molar-refractivity contribution in [1.29, 1.82) is 0 Å². The molecule has 1 aliphatic heterocycles. The Morgan fingerprint density at radius 2 is 1.90 bits per heavy atom. The molecule has 1 heterocycles. The van der Waals surface area contributed by atoms with E-state index in [-0.39, 0.29) is 23.2 Å². The third-order valence-corrected chi connectivity index (χ3v) is 5.46. The Kier molecular flexibility index (Phi) is 5.97. The Bertz CT molecular complexity index is 421. The van der Waals surface area contributed by atoms with Crippen LogP contribution < -0.4 is 11.1 Å². The molecule has 0 radical (unpaired) electrons. The molecule has 0 aromatic rings. The maximum Gasteiger partial charge on any atom is 0.220 e. The van der Waals surface area contributed by atoms with Gasteiger partial charge in [0, 0.05) is 31.1 Å². The number of sulfonamides is 1. The Morgan fingerprint density at radius 1 is 1.35 bits per heavy atom. The Labute approximate surface area is 122 Å². The summed E-state index contributed by atoms with van der Waals surface area (Å²) in [5.74, 6) is 0.135. The lowest BCUT2D eigenvalue weighted by Gasteiger charge is -2.31. The van der Waals surface area contributed by atoms with Gasteiger partial charge in [0.15, 0.2) is 0 Å². The van der Waals surface area contributed by atoms with Crippen LogP contribution in [0.3, 0.4) is 0 Å². The molecule has 0 unspecified atom stereocenters. The summed E-state index contributed by atoms with van der Waals surface area (Å²) in [4.78, 5) is 11.8. The van der Waals surface area contributed by atoms with Gasteiger partial charge < -0.3 is 11.1 Å². The molecule has 0 bridgehead atoms. The fraction of sp³-hybridized carbons (Fsp3) is 0.923. The maximum atomic E-state index is 11.8. The molecule has 20 heavy (non-hydrogen) atoms. The van der Waals surface area contributed by atoms with Crippen LogP contribution in [0.1, 0.15) is 46.5 Å². The molecule has 0 aliphatic carbocycles. The highest BCUT2D eigenvalue weighted by molar-refractivity contribution is 7.89. The zero-order valence-electron chi connectivity index (χ0n) is 12.7. The van der Waals surface area contributed by atoms with Crippen LogP contribution in [0.4, 0.5) is 0 Å². The molecule has 0 aromatic heterocycles. The second-order valence-electron chi connectivity index (χ2n) is 6.13. The summed E-state index contributed by atoms with van der Waals surface area (Å²) in [5.41, 5.74) is 5.51. The first kappa shape index (κ1) is 17.4. The number of nitrogens with two attached hydrogens (primary N) is 1. The Balaban J connectivity index is 2.34. The van der Waals surface area contributed by atoms with Crippen molar-refractivity contribution < 1.29 is 13.2 Å². The van der Waals surface area contributed by atoms with Gasteiger partial charge in [-0.25, -0.2) is 12.7 Å². The number of piperidine rings is 1. The molecule has 118 valence electrons. The molecule has 1 rings (SSSR count). The molecule has 1 aliphatic rings. The van der Waals surface area contributed by atoms with Gasteiger partial charge in [-0.05, 0) is 40.0 Å². The summed E-state index contributed by atoms with van der Waals surface area (Å²) in [7, 11) is -3.10. The molecule has 0 atom stereocenters. The van der Waals surface area contributed by atoms with Crippen molar-refractivity contribution in [2.24, 2.45) is 5.73 Å². The number of carbonyl (C=O) groups excluding carboxylic acids is 1. The topological polar surface area (TPSA) is 92.5 Å². The number of amides is 1. The third kappa shape index (κ3) is 5.76. The van der Waals surface area contributed by atoms with Crippen molar-refractivity contribution >= 4 is 15.9 Å². The van der Waals surface area contributed by atoms with E-state index in [0.717, 1.165) is 0 Å². The van der Waals surface area contributed by atoms with Crippen molar-refractivity contribution in [3.05, 3.63) is 0 Å². The van der Waals surface area contributed by atoms with E-state index in [1.165, 1.54) is 4.31 Å². The van der Waals surface area contributed by atoms with Gasteiger partial charge in [-0.15, -0.1) is 0 Å². The number of rotatable bonds is 6. The molecule has 6 nitrogen and oxygen atoms in total. The van der Waals surface area contributed by atoms with Gasteiger partial charge in [0.1, 0.15) is 0 Å². The summed E-state index contributed by atoms with van der Waals surface area (Å²) in [6, 6.07) is 0.0756. The minimum absolute atomic E-state index is 0.000300. The normalized spacial score (nSPS) is 19.0. The van der Waals surface area contributed by atoms with Crippen molar-refractivity contribution in [2.45, 2.75) is 58.0 Å². The van der Waals surface area contributed by atoms with Gasteiger partial charge >= 0.3 is 0 Å². The zero-order chi connectivity index (χ0) is 15.4. The van der Waals surface area contributed by atoms with Crippen molar-refractivity contribution in [2.75, 3.05) is 18.8 Å². The van der Waals surface area contributed by atoms with Crippen LogP contribution in [-0.4, -0.2) is 49.1 Å². The van der Waals surface area contributed by atoms with E-state index in [0.29, 0.717) is 38.8 Å². The average molecular weight is 305 g/mol. The van der Waals surface area contributed by atoms with Crippen molar-refractivity contribution in [3.8, 4) is 0 Å². The van der Waals surface area contributed by atoms with E-state index in [9.17, 15) is 13.2 Å². The molecule has 7 heteroatoms. The predicted molar refractivity (Wildman–Crippen MR) is 79.7 cm³/mol. The minimum Gasteiger partial charge on any atom is -0.353 e. The predicted octanol–water partition coefficient (Wildman–Crippen LogP) is 0.434. The van der Waals surface area contributed by atoms with Crippen LogP contribution in [0.5, 0.6) is 0 Å². The van der Waals surface area contributed by atoms with Gasteiger partial charge in [-0.3, -0.25) is 4.79 Å². The number of hydrogen-bond acceptors (Lipinski definition) is 4. The van der Waals surface area contributed by atoms with Crippen LogP contribution in [0.15, 0.2) is 0 Å². The lowest BCUT2D eigenvalue weighted by molar-refractivity contribution is -0.122. The first-order valence-corrected chi connectivity index (χ1v) is 8.81. The standard InChI is InChI=1S/C13H27N3O3S/c1-4-20(18,19)16-9-6-11(7-10-16)15-12(17)5-8-13(2,3)14/h11H,4-10,14H2,1-3H3,(H,15,17). The second kappa shape index (κ2) is 6.87. The first-order valence-electron chi connectivity index (χ1n) is 7.20. The highest BCUT2D eigenvalue weighted by Crippen LogP contribution is 2.15. The minimum atomic E-state index is -3.10. The maximum absolute atomic E-state index is 11.8. The van der Waals surface area contributed by atoms with Gasteiger partial charge in [0.2, 0.25) is 15.9 Å². The number of nitrogens with zero attached hydrogens (tertiary/aromatic N) is 1. The van der Waals surface area contributed by atoms with E-state index in [1.807, 2.05) is 13.8 Å². The van der Waals surface area contributed by atoms with E-state index in [1.54, 1.807) is 6.92 Å². The number of nitrogens with one attached hydrogen (secondary N) is 1. The lowest BCUT2D eigenvalue weighted by Crippen LogP contribution is -2.47. The molecule has 1 saturated heterocycles. The lowest BCUT2D eigenvalue weighted by atomic mass is 9.99. The molecule has 1 fully saturated rings. The molecule has 0 aromatic carbocycles. The summed E-state index contributed by atoms with van der Waals surface area (Å²) in [6.45, 7) is 6.42. The first-order chi connectivity index (χ1) is 9.14. The molecule has 3 N–H and O–H groups in total. The van der Waals surface area contributed by atoms with Crippen LogP contribution in [0.25, 0.3) is 0 Å². The van der Waals surface area contributed by atoms with E-state index >= 15 is 0 Å². The van der Waals surface area contributed by atoms with Crippen LogP contribution >= 0.6 is 0 Å². The zero-order valence-corrected chi connectivity index (χ0v) is 13.5. The van der Waals surface area contributed by atoms with Gasteiger partial charge in [0.05, 0.1) is 5.75 Å². The van der Waals surface area contributed by atoms with E-state index in [4.69, 9.17) is 5.73 Å². The van der Waals surface area contributed by atoms with Crippen molar-refractivity contribution in [1.82, 2.24) is 9.62 Å². The highest BCUT2D eigenvalue weighted by atomic mass is 32.2. The molecular weight excluding hydrogens is 278 g/mol. The average Bonchev–Trinajstić information content (AvgIpc) is 2.36. The monoisotopic (exact) mass is 305 g/mol. The van der Waals surface area contributed by atoms with Crippen LogP contribution in [0, 0.1) is 0 Å². The second-order valence-corrected chi connectivity index (χ2v) is 8.39. The van der Waals surface area contributed by atoms with Crippen LogP contribution in [0.2, 0.25) is 0 Å². The van der Waals surface area contributed by atoms with E-state index in [2.05, 4.69) is 5.32 Å². The summed E-state index contributed by atoms with van der Waals surface area (Å²) < 4.78 is 25.0.